The van der Waals surface area contributed by atoms with Crippen molar-refractivity contribution in [2.45, 2.75) is 12.3 Å². The first-order valence-electron chi connectivity index (χ1n) is 8.75. The van der Waals surface area contributed by atoms with Gasteiger partial charge >= 0.3 is 35.7 Å². The van der Waals surface area contributed by atoms with Gasteiger partial charge in [-0.1, -0.05) is 48.5 Å². The third-order valence-corrected chi connectivity index (χ3v) is 4.58. The van der Waals surface area contributed by atoms with E-state index in [1.165, 1.54) is 12.3 Å². The molecule has 1 aliphatic carbocycles. The molecule has 1 aliphatic rings. The molecule has 1 aromatic heterocycles. The number of nitrogens with zero attached hydrogens (tertiary/aromatic N) is 2. The number of ether oxygens (including phenoxy) is 1. The van der Waals surface area contributed by atoms with E-state index in [-0.39, 0.29) is 53.7 Å². The summed E-state index contributed by atoms with van der Waals surface area (Å²) in [6.45, 7) is 0.177. The summed E-state index contributed by atoms with van der Waals surface area (Å²) in [4.78, 5) is 30.6. The molecule has 0 bridgehead atoms. The molecule has 7 nitrogen and oxygen atoms in total. The summed E-state index contributed by atoms with van der Waals surface area (Å²) in [5, 5.41) is 13.2. The number of hydrogen-bond donors (Lipinski definition) is 1. The van der Waals surface area contributed by atoms with E-state index >= 15 is 0 Å². The van der Waals surface area contributed by atoms with E-state index in [1.54, 1.807) is 0 Å². The van der Waals surface area contributed by atoms with Crippen molar-refractivity contribution in [2.75, 3.05) is 11.9 Å². The number of aromatic nitrogens is 2. The second-order valence-corrected chi connectivity index (χ2v) is 6.36. The smallest absolute Gasteiger partial charge is 0.550 e. The first-order valence-corrected chi connectivity index (χ1v) is 8.75. The first kappa shape index (κ1) is 21.0. The normalized spacial score (nSPS) is 11.7. The molecular formula is C21H16N3NaO4. The molecule has 3 aromatic rings. The predicted molar refractivity (Wildman–Crippen MR) is 99.4 cm³/mol. The van der Waals surface area contributed by atoms with Crippen LogP contribution in [0, 0.1) is 0 Å². The summed E-state index contributed by atoms with van der Waals surface area (Å²) in [5.74, 6) is -1.12. The molecule has 0 fully saturated rings. The van der Waals surface area contributed by atoms with Gasteiger partial charge in [0.25, 0.3) is 0 Å². The number of anilines is 1. The van der Waals surface area contributed by atoms with Gasteiger partial charge in [-0.05, 0) is 28.3 Å². The van der Waals surface area contributed by atoms with Crippen molar-refractivity contribution in [3.63, 3.8) is 0 Å². The Kier molecular flexibility index (Phi) is 6.64. The number of carbonyl (C=O) groups excluding carboxylic acids is 2. The average molecular weight is 397 g/mol. The molecule has 2 aromatic carbocycles. The number of rotatable bonds is 5. The van der Waals surface area contributed by atoms with Gasteiger partial charge in [0, 0.05) is 24.5 Å². The van der Waals surface area contributed by atoms with Crippen LogP contribution in [-0.2, 0) is 16.0 Å². The number of amides is 1. The van der Waals surface area contributed by atoms with Crippen molar-refractivity contribution in [3.05, 3.63) is 77.7 Å². The van der Waals surface area contributed by atoms with Gasteiger partial charge in [0.2, 0.25) is 0 Å². The number of aliphatic carboxylic acids is 1. The quantitative estimate of drug-likeness (QED) is 0.562. The summed E-state index contributed by atoms with van der Waals surface area (Å²) < 4.78 is 5.43. The zero-order valence-corrected chi connectivity index (χ0v) is 17.8. The summed E-state index contributed by atoms with van der Waals surface area (Å²) in [6.07, 6.45) is 0.268. The minimum absolute atomic E-state index is 0. The molecule has 29 heavy (non-hydrogen) atoms. The Balaban J connectivity index is 0.00000240. The standard InChI is InChI=1S/C21H17N3O4.Na/c25-20(26)11-19-22-10-9-18(23-19)24-21(27)28-12-17-15-7-3-1-5-13(15)14-6-2-4-8-16(14)17;/h1-10,17H,11-12H2,(H,25,26)(H,22,23,24,27);/q;+1/p-1. The number of carboxylic acid groups (broad SMARTS) is 1. The third kappa shape index (κ3) is 4.64. The number of benzene rings is 2. The van der Waals surface area contributed by atoms with Gasteiger partial charge in [-0.15, -0.1) is 0 Å². The Bertz CT molecular complexity index is 1010. The van der Waals surface area contributed by atoms with Gasteiger partial charge in [-0.2, -0.15) is 0 Å². The SMILES string of the molecule is O=C([O-])Cc1nccc(NC(=O)OCC2c3ccccc3-c3ccccc32)n1.[Na+]. The fourth-order valence-corrected chi connectivity index (χ4v) is 3.42. The maximum atomic E-state index is 12.2. The van der Waals surface area contributed by atoms with Crippen LogP contribution in [0.2, 0.25) is 0 Å². The van der Waals surface area contributed by atoms with Crippen LogP contribution in [0.1, 0.15) is 22.9 Å². The van der Waals surface area contributed by atoms with E-state index in [0.717, 1.165) is 22.3 Å². The number of carbonyl (C=O) groups is 2. The molecular weight excluding hydrogens is 381 g/mol. The summed E-state index contributed by atoms with van der Waals surface area (Å²) >= 11 is 0. The maximum Gasteiger partial charge on any atom is 1.00 e. The minimum atomic E-state index is -1.29. The monoisotopic (exact) mass is 397 g/mol. The molecule has 0 spiro atoms. The summed E-state index contributed by atoms with van der Waals surface area (Å²) in [7, 11) is 0. The zero-order valence-electron chi connectivity index (χ0n) is 15.8. The van der Waals surface area contributed by atoms with Crippen molar-refractivity contribution in [1.29, 1.82) is 0 Å². The van der Waals surface area contributed by atoms with Crippen LogP contribution in [0.4, 0.5) is 10.6 Å². The van der Waals surface area contributed by atoms with Crippen LogP contribution in [0.15, 0.2) is 60.8 Å². The fourth-order valence-electron chi connectivity index (χ4n) is 3.42. The first-order chi connectivity index (χ1) is 13.6. The van der Waals surface area contributed by atoms with Crippen molar-refractivity contribution >= 4 is 17.9 Å². The third-order valence-electron chi connectivity index (χ3n) is 4.58. The summed E-state index contributed by atoms with van der Waals surface area (Å²) in [5.41, 5.74) is 4.54. The van der Waals surface area contributed by atoms with E-state index in [1.807, 2.05) is 36.4 Å². The maximum absolute atomic E-state index is 12.2. The van der Waals surface area contributed by atoms with Crippen LogP contribution in [0.5, 0.6) is 0 Å². The van der Waals surface area contributed by atoms with Crippen LogP contribution in [0.3, 0.4) is 0 Å². The van der Waals surface area contributed by atoms with Gasteiger partial charge in [-0.25, -0.2) is 14.8 Å². The van der Waals surface area contributed by atoms with Gasteiger partial charge < -0.3 is 14.6 Å². The average Bonchev–Trinajstić information content (AvgIpc) is 3.00. The van der Waals surface area contributed by atoms with Gasteiger partial charge in [0.05, 0.1) is 0 Å². The molecule has 0 aliphatic heterocycles. The number of hydrogen-bond acceptors (Lipinski definition) is 6. The van der Waals surface area contributed by atoms with Crippen molar-refractivity contribution in [1.82, 2.24) is 9.97 Å². The van der Waals surface area contributed by atoms with Gasteiger partial charge in [0.1, 0.15) is 18.2 Å². The second-order valence-electron chi connectivity index (χ2n) is 6.36. The van der Waals surface area contributed by atoms with E-state index in [2.05, 4.69) is 27.4 Å². The molecule has 1 N–H and O–H groups in total. The van der Waals surface area contributed by atoms with Gasteiger partial charge in [0.15, 0.2) is 0 Å². The summed E-state index contributed by atoms with van der Waals surface area (Å²) in [6, 6.07) is 17.6. The number of carboxylic acids is 1. The second kappa shape index (κ2) is 9.17. The van der Waals surface area contributed by atoms with Crippen LogP contribution in [0.25, 0.3) is 11.1 Å². The number of nitrogens with one attached hydrogen (secondary N) is 1. The Hall–Kier alpha value is -2.74. The molecule has 1 heterocycles. The van der Waals surface area contributed by atoms with Gasteiger partial charge in [-0.3, -0.25) is 5.32 Å². The molecule has 140 valence electrons. The molecule has 0 saturated heterocycles. The molecule has 4 rings (SSSR count). The van der Waals surface area contributed by atoms with Crippen LogP contribution < -0.4 is 40.0 Å². The molecule has 0 unspecified atom stereocenters. The van der Waals surface area contributed by atoms with Crippen molar-refractivity contribution in [2.24, 2.45) is 0 Å². The Labute approximate surface area is 189 Å². The van der Waals surface area contributed by atoms with Crippen LogP contribution in [-0.4, -0.2) is 28.6 Å². The number of fused-ring (bicyclic) bond motifs is 3. The van der Waals surface area contributed by atoms with E-state index in [4.69, 9.17) is 4.74 Å². The Morgan fingerprint density at radius 3 is 2.24 bits per heavy atom. The van der Waals surface area contributed by atoms with E-state index < -0.39 is 18.5 Å². The predicted octanol–water partition coefficient (Wildman–Crippen LogP) is -0.866. The van der Waals surface area contributed by atoms with E-state index in [9.17, 15) is 14.7 Å². The molecule has 0 saturated carbocycles. The van der Waals surface area contributed by atoms with Crippen molar-refractivity contribution < 1.29 is 49.0 Å². The Morgan fingerprint density at radius 1 is 1.00 bits per heavy atom. The van der Waals surface area contributed by atoms with E-state index in [0.29, 0.717) is 0 Å². The minimum Gasteiger partial charge on any atom is -0.550 e. The van der Waals surface area contributed by atoms with Crippen LogP contribution >= 0.6 is 0 Å². The molecule has 1 amide bonds. The molecule has 0 radical (unpaired) electrons. The molecule has 0 atom stereocenters. The fraction of sp³-hybridized carbons (Fsp3) is 0.143. The molecule has 8 heteroatoms. The largest absolute Gasteiger partial charge is 1.00 e. The Morgan fingerprint density at radius 2 is 1.62 bits per heavy atom. The van der Waals surface area contributed by atoms with Crippen molar-refractivity contribution in [3.8, 4) is 11.1 Å². The zero-order chi connectivity index (χ0) is 19.5. The topological polar surface area (TPSA) is 104 Å².